The highest BCUT2D eigenvalue weighted by molar-refractivity contribution is 6.04. The Morgan fingerprint density at radius 2 is 2.13 bits per heavy atom. The first-order valence-corrected chi connectivity index (χ1v) is 9.87. The zero-order valence-corrected chi connectivity index (χ0v) is 17.4. The number of aryl methyl sites for hydroxylation is 2. The van der Waals surface area contributed by atoms with E-state index in [1.54, 1.807) is 18.0 Å². The molecule has 0 bridgehead atoms. The van der Waals surface area contributed by atoms with Crippen LogP contribution in [-0.2, 0) is 11.2 Å². The minimum Gasteiger partial charge on any atom is -0.342 e. The number of nitrogens with one attached hydrogen (secondary N) is 2. The molecule has 1 saturated carbocycles. The van der Waals surface area contributed by atoms with E-state index in [2.05, 4.69) is 26.3 Å². The molecule has 9 heteroatoms. The van der Waals surface area contributed by atoms with Crippen molar-refractivity contribution >= 4 is 34.3 Å². The van der Waals surface area contributed by atoms with Gasteiger partial charge in [0.2, 0.25) is 5.91 Å². The predicted molar refractivity (Wildman–Crippen MR) is 113 cm³/mol. The average Bonchev–Trinajstić information content (AvgIpc) is 3.42. The lowest BCUT2D eigenvalue weighted by atomic mass is 10.0. The van der Waals surface area contributed by atoms with E-state index >= 15 is 0 Å². The fourth-order valence-corrected chi connectivity index (χ4v) is 3.74. The van der Waals surface area contributed by atoms with Crippen molar-refractivity contribution in [1.29, 1.82) is 10.5 Å². The summed E-state index contributed by atoms with van der Waals surface area (Å²) in [6.45, 7) is 3.70. The number of carbonyl (C=O) groups is 1. The summed E-state index contributed by atoms with van der Waals surface area (Å²) < 4.78 is 15.0. The van der Waals surface area contributed by atoms with Gasteiger partial charge < -0.3 is 15.2 Å². The van der Waals surface area contributed by atoms with Gasteiger partial charge in [-0.2, -0.15) is 10.5 Å². The topological polar surface area (TPSA) is 121 Å². The Bertz CT molecular complexity index is 1290. The maximum Gasteiger partial charge on any atom is 0.246 e. The van der Waals surface area contributed by atoms with Crippen LogP contribution < -0.4 is 10.2 Å². The van der Waals surface area contributed by atoms with Crippen molar-refractivity contribution in [3.8, 4) is 12.1 Å². The lowest BCUT2D eigenvalue weighted by molar-refractivity contribution is -0.119. The van der Waals surface area contributed by atoms with Gasteiger partial charge in [0.05, 0.1) is 35.2 Å². The molecule has 1 aliphatic rings. The number of H-pyrrole nitrogens is 1. The quantitative estimate of drug-likeness (QED) is 0.650. The van der Waals surface area contributed by atoms with E-state index < -0.39 is 17.1 Å². The third kappa shape index (κ3) is 3.24. The number of halogens is 1. The number of aromatic nitrogens is 3. The molecule has 4 rings (SSSR count). The number of anilines is 3. The fraction of sp³-hybridized carbons (Fsp3) is 0.318. The summed E-state index contributed by atoms with van der Waals surface area (Å²) >= 11 is 0. The summed E-state index contributed by atoms with van der Waals surface area (Å²) in [5.74, 6) is -0.294. The molecule has 1 aromatic carbocycles. The van der Waals surface area contributed by atoms with Gasteiger partial charge in [-0.3, -0.25) is 4.79 Å². The number of pyridine rings is 1. The van der Waals surface area contributed by atoms with Gasteiger partial charge in [-0.15, -0.1) is 0 Å². The molecule has 0 radical (unpaired) electrons. The van der Waals surface area contributed by atoms with Crippen LogP contribution in [0.5, 0.6) is 0 Å². The second-order valence-electron chi connectivity index (χ2n) is 7.67. The monoisotopic (exact) mass is 417 g/mol. The number of rotatable bonds is 5. The van der Waals surface area contributed by atoms with Gasteiger partial charge in [-0.25, -0.2) is 14.4 Å². The van der Waals surface area contributed by atoms with Crippen LogP contribution in [0.3, 0.4) is 0 Å². The van der Waals surface area contributed by atoms with Crippen LogP contribution in [0, 0.1) is 40.8 Å². The summed E-state index contributed by atoms with van der Waals surface area (Å²) in [5.41, 5.74) is 2.02. The molecule has 2 heterocycles. The number of carbonyl (C=O) groups excluding carboxylic acids is 1. The van der Waals surface area contributed by atoms with E-state index in [0.29, 0.717) is 52.9 Å². The SMILES string of the molecule is CCc1cc(C#N)cc(F)c1N(C)c1nc(NC(=O)C2(C#N)CC2)c2[nH]cnc2c1C. The molecule has 0 unspecified atom stereocenters. The fourth-order valence-electron chi connectivity index (χ4n) is 3.74. The minimum atomic E-state index is -1.01. The summed E-state index contributed by atoms with van der Waals surface area (Å²) in [5, 5.41) is 21.2. The molecule has 1 fully saturated rings. The lowest BCUT2D eigenvalue weighted by Crippen LogP contribution is -2.24. The number of hydrogen-bond acceptors (Lipinski definition) is 6. The second kappa shape index (κ2) is 7.37. The predicted octanol–water partition coefficient (Wildman–Crippen LogP) is 3.85. The van der Waals surface area contributed by atoms with Gasteiger partial charge in [-0.05, 0) is 43.9 Å². The zero-order chi connectivity index (χ0) is 22.3. The molecular formula is C22H20FN7O. The van der Waals surface area contributed by atoms with Crippen LogP contribution in [0.15, 0.2) is 18.5 Å². The van der Waals surface area contributed by atoms with Crippen LogP contribution in [0.1, 0.15) is 36.5 Å². The van der Waals surface area contributed by atoms with Crippen molar-refractivity contribution < 1.29 is 9.18 Å². The molecule has 2 N–H and O–H groups in total. The number of hydrogen-bond donors (Lipinski definition) is 2. The third-order valence-electron chi connectivity index (χ3n) is 5.72. The van der Waals surface area contributed by atoms with E-state index in [-0.39, 0.29) is 11.4 Å². The van der Waals surface area contributed by atoms with Gasteiger partial charge in [0, 0.05) is 12.6 Å². The number of benzene rings is 1. The van der Waals surface area contributed by atoms with Crippen LogP contribution in [0.4, 0.5) is 21.7 Å². The van der Waals surface area contributed by atoms with Crippen molar-refractivity contribution in [3.63, 3.8) is 0 Å². The van der Waals surface area contributed by atoms with Crippen molar-refractivity contribution in [1.82, 2.24) is 15.0 Å². The normalized spacial score (nSPS) is 14.0. The number of amides is 1. The first-order valence-electron chi connectivity index (χ1n) is 9.87. The Morgan fingerprint density at radius 1 is 1.39 bits per heavy atom. The van der Waals surface area contributed by atoms with Crippen LogP contribution in [-0.4, -0.2) is 27.9 Å². The highest BCUT2D eigenvalue weighted by atomic mass is 19.1. The first-order chi connectivity index (χ1) is 14.8. The molecule has 8 nitrogen and oxygen atoms in total. The third-order valence-corrected chi connectivity index (χ3v) is 5.72. The molecule has 0 saturated heterocycles. The molecule has 0 atom stereocenters. The Balaban J connectivity index is 1.84. The highest BCUT2D eigenvalue weighted by Crippen LogP contribution is 2.46. The molecule has 156 valence electrons. The van der Waals surface area contributed by atoms with Gasteiger partial charge in [0.25, 0.3) is 0 Å². The molecule has 1 amide bonds. The van der Waals surface area contributed by atoms with Crippen molar-refractivity contribution in [2.24, 2.45) is 5.41 Å². The van der Waals surface area contributed by atoms with Crippen molar-refractivity contribution in [2.45, 2.75) is 33.1 Å². The second-order valence-corrected chi connectivity index (χ2v) is 7.67. The smallest absolute Gasteiger partial charge is 0.246 e. The van der Waals surface area contributed by atoms with E-state index in [1.807, 2.05) is 19.9 Å². The van der Waals surface area contributed by atoms with Gasteiger partial charge >= 0.3 is 0 Å². The van der Waals surface area contributed by atoms with Gasteiger partial charge in [0.1, 0.15) is 22.6 Å². The Hall–Kier alpha value is -3.98. The Kier molecular flexibility index (Phi) is 4.82. The number of fused-ring (bicyclic) bond motifs is 1. The number of nitrogens with zero attached hydrogens (tertiary/aromatic N) is 5. The van der Waals surface area contributed by atoms with Crippen molar-refractivity contribution in [3.05, 3.63) is 41.0 Å². The number of nitriles is 2. The lowest BCUT2D eigenvalue weighted by Gasteiger charge is -2.25. The van der Waals surface area contributed by atoms with Crippen LogP contribution in [0.25, 0.3) is 11.0 Å². The Morgan fingerprint density at radius 3 is 2.74 bits per heavy atom. The summed E-state index contributed by atoms with van der Waals surface area (Å²) in [7, 11) is 1.68. The standard InChI is InChI=1S/C22H20FN7O/c1-4-14-7-13(9-24)8-15(23)18(14)30(3)20-12(2)16-17(27-11-26-16)19(28-20)29-21(31)22(10-25)5-6-22/h7-8,11H,4-6H2,1-3H3,(H,26,27)(H,28,29,31). The first kappa shape index (κ1) is 20.3. The maximum absolute atomic E-state index is 15.0. The molecule has 31 heavy (non-hydrogen) atoms. The maximum atomic E-state index is 15.0. The Labute approximate surface area is 178 Å². The van der Waals surface area contributed by atoms with Crippen LogP contribution >= 0.6 is 0 Å². The van der Waals surface area contributed by atoms with E-state index in [9.17, 15) is 14.4 Å². The van der Waals surface area contributed by atoms with Crippen molar-refractivity contribution in [2.75, 3.05) is 17.3 Å². The summed E-state index contributed by atoms with van der Waals surface area (Å²) in [6, 6.07) is 6.90. The molecule has 2 aromatic heterocycles. The van der Waals surface area contributed by atoms with E-state index in [4.69, 9.17) is 5.26 Å². The zero-order valence-electron chi connectivity index (χ0n) is 17.4. The summed E-state index contributed by atoms with van der Waals surface area (Å²) in [6.07, 6.45) is 3.03. The molecular weight excluding hydrogens is 397 g/mol. The van der Waals surface area contributed by atoms with Gasteiger partial charge in [-0.1, -0.05) is 6.92 Å². The summed E-state index contributed by atoms with van der Waals surface area (Å²) in [4.78, 5) is 26.2. The average molecular weight is 417 g/mol. The molecule has 3 aromatic rings. The largest absolute Gasteiger partial charge is 0.342 e. The molecule has 1 aliphatic carbocycles. The minimum absolute atomic E-state index is 0.235. The molecule has 0 aliphatic heterocycles. The van der Waals surface area contributed by atoms with E-state index in [0.717, 1.165) is 0 Å². The number of aromatic amines is 1. The highest BCUT2D eigenvalue weighted by Gasteiger charge is 2.51. The van der Waals surface area contributed by atoms with E-state index in [1.165, 1.54) is 12.4 Å². The molecule has 0 spiro atoms. The number of imidazole rings is 1. The van der Waals surface area contributed by atoms with Crippen LogP contribution in [0.2, 0.25) is 0 Å². The van der Waals surface area contributed by atoms with Gasteiger partial charge in [0.15, 0.2) is 5.82 Å².